The third-order valence-corrected chi connectivity index (χ3v) is 3.29. The zero-order valence-electron chi connectivity index (χ0n) is 13.4. The molecule has 0 fully saturated rings. The number of aryl methyl sites for hydroxylation is 1. The Labute approximate surface area is 135 Å². The molecule has 0 saturated carbocycles. The van der Waals surface area contributed by atoms with Crippen molar-refractivity contribution in [1.29, 1.82) is 0 Å². The minimum atomic E-state index is -0.367. The molecule has 0 bridgehead atoms. The maximum atomic E-state index is 12.2. The van der Waals surface area contributed by atoms with Crippen LogP contribution in [-0.2, 0) is 11.3 Å². The summed E-state index contributed by atoms with van der Waals surface area (Å²) in [7, 11) is 0. The van der Waals surface area contributed by atoms with Gasteiger partial charge in [-0.3, -0.25) is 4.79 Å². The van der Waals surface area contributed by atoms with E-state index in [2.05, 4.69) is 12.2 Å². The Morgan fingerprint density at radius 1 is 1.00 bits per heavy atom. The Bertz CT molecular complexity index is 664. The quantitative estimate of drug-likeness (QED) is 0.659. The molecule has 1 amide bonds. The smallest absolute Gasteiger partial charge is 0.338 e. The van der Waals surface area contributed by atoms with Gasteiger partial charge in [-0.15, -0.1) is 0 Å². The third-order valence-electron chi connectivity index (χ3n) is 3.29. The van der Waals surface area contributed by atoms with E-state index in [0.717, 1.165) is 13.0 Å². The van der Waals surface area contributed by atoms with Crippen LogP contribution in [0.2, 0.25) is 0 Å². The number of pyridine rings is 1. The molecule has 120 valence electrons. The molecule has 0 aliphatic rings. The number of esters is 1. The molecule has 0 radical (unpaired) electrons. The number of nitrogens with one attached hydrogen (secondary N) is 1. The molecular formula is C18H21N2O3+. The van der Waals surface area contributed by atoms with Crippen LogP contribution in [0.15, 0.2) is 48.8 Å². The summed E-state index contributed by atoms with van der Waals surface area (Å²) in [4.78, 5) is 23.8. The molecule has 0 atom stereocenters. The fourth-order valence-electron chi connectivity index (χ4n) is 2.12. The SMILES string of the molecule is CCC[n+]1ccc(C(=O)Nc2ccc(C(=O)OCC)cc2)cc1. The van der Waals surface area contributed by atoms with Crippen molar-refractivity contribution >= 4 is 17.6 Å². The molecule has 0 aliphatic carbocycles. The average Bonchev–Trinajstić information content (AvgIpc) is 2.56. The summed E-state index contributed by atoms with van der Waals surface area (Å²) in [6.07, 6.45) is 4.83. The van der Waals surface area contributed by atoms with E-state index in [9.17, 15) is 9.59 Å². The molecule has 5 heteroatoms. The van der Waals surface area contributed by atoms with Gasteiger partial charge in [0.15, 0.2) is 12.4 Å². The fourth-order valence-corrected chi connectivity index (χ4v) is 2.12. The van der Waals surface area contributed by atoms with E-state index in [-0.39, 0.29) is 11.9 Å². The molecular weight excluding hydrogens is 292 g/mol. The normalized spacial score (nSPS) is 10.2. The molecule has 1 heterocycles. The number of carbonyl (C=O) groups excluding carboxylic acids is 2. The van der Waals surface area contributed by atoms with Gasteiger partial charge in [0.2, 0.25) is 0 Å². The number of anilines is 1. The summed E-state index contributed by atoms with van der Waals surface area (Å²) in [6, 6.07) is 10.2. The highest BCUT2D eigenvalue weighted by Gasteiger charge is 2.10. The number of amides is 1. The number of rotatable bonds is 6. The first-order valence-electron chi connectivity index (χ1n) is 7.71. The Kier molecular flexibility index (Phi) is 5.86. The zero-order chi connectivity index (χ0) is 16.7. The van der Waals surface area contributed by atoms with Gasteiger partial charge in [0, 0.05) is 24.2 Å². The standard InChI is InChI=1S/C18H20N2O3/c1-3-11-20-12-9-14(10-13-20)17(21)19-16-7-5-15(6-8-16)18(22)23-4-2/h5-10,12-13H,3-4,11H2,1-2H3/p+1. The summed E-state index contributed by atoms with van der Waals surface area (Å²) in [5.41, 5.74) is 1.69. The van der Waals surface area contributed by atoms with Crippen LogP contribution in [0.25, 0.3) is 0 Å². The van der Waals surface area contributed by atoms with E-state index in [0.29, 0.717) is 23.4 Å². The summed E-state index contributed by atoms with van der Waals surface area (Å²) < 4.78 is 6.95. The molecule has 1 aromatic heterocycles. The van der Waals surface area contributed by atoms with Gasteiger partial charge in [0.05, 0.1) is 17.7 Å². The van der Waals surface area contributed by atoms with Crippen LogP contribution in [0.5, 0.6) is 0 Å². The predicted molar refractivity (Wildman–Crippen MR) is 87.3 cm³/mol. The highest BCUT2D eigenvalue weighted by molar-refractivity contribution is 6.04. The number of benzene rings is 1. The molecule has 0 aliphatic heterocycles. The second-order valence-corrected chi connectivity index (χ2v) is 5.08. The Balaban J connectivity index is 2.00. The molecule has 2 aromatic rings. The van der Waals surface area contributed by atoms with E-state index in [4.69, 9.17) is 4.74 Å². The maximum absolute atomic E-state index is 12.2. The van der Waals surface area contributed by atoms with Crippen LogP contribution in [0.1, 0.15) is 41.0 Å². The Hall–Kier alpha value is -2.69. The van der Waals surface area contributed by atoms with Gasteiger partial charge < -0.3 is 10.1 Å². The van der Waals surface area contributed by atoms with Crippen LogP contribution < -0.4 is 9.88 Å². The minimum absolute atomic E-state index is 0.183. The summed E-state index contributed by atoms with van der Waals surface area (Å²) in [5.74, 6) is -0.550. The number of hydrogen-bond acceptors (Lipinski definition) is 3. The first kappa shape index (κ1) is 16.7. The first-order valence-corrected chi connectivity index (χ1v) is 7.71. The summed E-state index contributed by atoms with van der Waals surface area (Å²) >= 11 is 0. The van der Waals surface area contributed by atoms with Crippen molar-refractivity contribution in [2.45, 2.75) is 26.8 Å². The number of hydrogen-bond donors (Lipinski definition) is 1. The minimum Gasteiger partial charge on any atom is -0.462 e. The number of carbonyl (C=O) groups is 2. The second kappa shape index (κ2) is 8.08. The average molecular weight is 313 g/mol. The number of ether oxygens (including phenoxy) is 1. The lowest BCUT2D eigenvalue weighted by molar-refractivity contribution is -0.697. The lowest BCUT2D eigenvalue weighted by Gasteiger charge is -2.06. The van der Waals surface area contributed by atoms with E-state index < -0.39 is 0 Å². The molecule has 1 aromatic carbocycles. The number of aromatic nitrogens is 1. The van der Waals surface area contributed by atoms with Crippen LogP contribution in [0.3, 0.4) is 0 Å². The molecule has 2 rings (SSSR count). The monoisotopic (exact) mass is 313 g/mol. The van der Waals surface area contributed by atoms with Crippen molar-refractivity contribution in [3.05, 3.63) is 59.9 Å². The van der Waals surface area contributed by atoms with Crippen molar-refractivity contribution in [1.82, 2.24) is 0 Å². The molecule has 1 N–H and O–H groups in total. The van der Waals surface area contributed by atoms with Gasteiger partial charge in [-0.25, -0.2) is 9.36 Å². The molecule has 5 nitrogen and oxygen atoms in total. The van der Waals surface area contributed by atoms with Gasteiger partial charge in [0.25, 0.3) is 5.91 Å². The van der Waals surface area contributed by atoms with Crippen LogP contribution in [0.4, 0.5) is 5.69 Å². The first-order chi connectivity index (χ1) is 11.1. The Morgan fingerprint density at radius 3 is 2.22 bits per heavy atom. The van der Waals surface area contributed by atoms with Gasteiger partial charge in [-0.1, -0.05) is 6.92 Å². The lowest BCUT2D eigenvalue weighted by Crippen LogP contribution is -2.32. The lowest BCUT2D eigenvalue weighted by atomic mass is 10.2. The van der Waals surface area contributed by atoms with Crippen molar-refractivity contribution in [3.63, 3.8) is 0 Å². The molecule has 0 saturated heterocycles. The highest BCUT2D eigenvalue weighted by Crippen LogP contribution is 2.12. The van der Waals surface area contributed by atoms with Crippen molar-refractivity contribution < 1.29 is 18.9 Å². The van der Waals surface area contributed by atoms with Gasteiger partial charge >= 0.3 is 5.97 Å². The summed E-state index contributed by atoms with van der Waals surface area (Å²) in [5, 5.41) is 2.81. The van der Waals surface area contributed by atoms with E-state index >= 15 is 0 Å². The predicted octanol–water partition coefficient (Wildman–Crippen LogP) is 2.81. The molecule has 23 heavy (non-hydrogen) atoms. The van der Waals surface area contributed by atoms with Crippen molar-refractivity contribution in [2.24, 2.45) is 0 Å². The maximum Gasteiger partial charge on any atom is 0.338 e. The largest absolute Gasteiger partial charge is 0.462 e. The van der Waals surface area contributed by atoms with E-state index in [1.54, 1.807) is 43.3 Å². The zero-order valence-corrected chi connectivity index (χ0v) is 13.4. The summed E-state index contributed by atoms with van der Waals surface area (Å²) in [6.45, 7) is 5.13. The van der Waals surface area contributed by atoms with Gasteiger partial charge in [0.1, 0.15) is 6.54 Å². The Morgan fingerprint density at radius 2 is 1.65 bits per heavy atom. The van der Waals surface area contributed by atoms with Crippen molar-refractivity contribution in [3.8, 4) is 0 Å². The fraction of sp³-hybridized carbons (Fsp3) is 0.278. The number of nitrogens with zero attached hydrogens (tertiary/aromatic N) is 1. The van der Waals surface area contributed by atoms with Crippen LogP contribution in [-0.4, -0.2) is 18.5 Å². The molecule has 0 unspecified atom stereocenters. The topological polar surface area (TPSA) is 59.3 Å². The van der Waals surface area contributed by atoms with Crippen LogP contribution >= 0.6 is 0 Å². The van der Waals surface area contributed by atoms with Gasteiger partial charge in [-0.05, 0) is 31.2 Å². The van der Waals surface area contributed by atoms with Gasteiger partial charge in [-0.2, -0.15) is 0 Å². The third kappa shape index (κ3) is 4.64. The second-order valence-electron chi connectivity index (χ2n) is 5.08. The molecule has 0 spiro atoms. The van der Waals surface area contributed by atoms with Crippen molar-refractivity contribution in [2.75, 3.05) is 11.9 Å². The highest BCUT2D eigenvalue weighted by atomic mass is 16.5. The van der Waals surface area contributed by atoms with E-state index in [1.165, 1.54) is 0 Å². The van der Waals surface area contributed by atoms with E-state index in [1.807, 2.05) is 17.0 Å². The van der Waals surface area contributed by atoms with Crippen LogP contribution in [0, 0.1) is 0 Å².